The zero-order valence-electron chi connectivity index (χ0n) is 9.44. The van der Waals surface area contributed by atoms with Crippen molar-refractivity contribution in [2.24, 2.45) is 0 Å². The minimum Gasteiger partial charge on any atom is -0.309 e. The second-order valence-corrected chi connectivity index (χ2v) is 6.61. The molecule has 0 saturated carbocycles. The Morgan fingerprint density at radius 3 is 2.62 bits per heavy atom. The highest BCUT2D eigenvalue weighted by Gasteiger charge is 2.23. The SMILES string of the molecule is Cc1ccc(C2CS(=O)(=O)CCCN2)cc1. The normalized spacial score (nSPS) is 24.9. The number of nitrogens with one attached hydrogen (secondary N) is 1. The minimum atomic E-state index is -2.89. The van der Waals surface area contributed by atoms with Crippen LogP contribution in [0.15, 0.2) is 24.3 Å². The van der Waals surface area contributed by atoms with Gasteiger partial charge < -0.3 is 5.32 Å². The van der Waals surface area contributed by atoms with Crippen molar-refractivity contribution in [3.63, 3.8) is 0 Å². The van der Waals surface area contributed by atoms with Gasteiger partial charge >= 0.3 is 0 Å². The molecule has 2 rings (SSSR count). The average Bonchev–Trinajstić information content (AvgIpc) is 2.40. The van der Waals surface area contributed by atoms with Gasteiger partial charge in [0.05, 0.1) is 11.5 Å². The van der Waals surface area contributed by atoms with E-state index < -0.39 is 9.84 Å². The fourth-order valence-corrected chi connectivity index (χ4v) is 3.55. The third kappa shape index (κ3) is 2.83. The predicted octanol–water partition coefficient (Wildman–Crippen LogP) is 1.44. The molecule has 0 spiro atoms. The van der Waals surface area contributed by atoms with Crippen molar-refractivity contribution in [1.82, 2.24) is 5.32 Å². The second-order valence-electron chi connectivity index (χ2n) is 4.39. The summed E-state index contributed by atoms with van der Waals surface area (Å²) in [5.41, 5.74) is 2.26. The Labute approximate surface area is 96.8 Å². The molecule has 1 aliphatic heterocycles. The van der Waals surface area contributed by atoms with Crippen molar-refractivity contribution < 1.29 is 8.42 Å². The van der Waals surface area contributed by atoms with E-state index in [9.17, 15) is 8.42 Å². The predicted molar refractivity (Wildman–Crippen MR) is 65.2 cm³/mol. The number of benzene rings is 1. The van der Waals surface area contributed by atoms with Gasteiger partial charge in [-0.1, -0.05) is 29.8 Å². The first-order chi connectivity index (χ1) is 7.57. The molecule has 1 fully saturated rings. The van der Waals surface area contributed by atoms with Crippen LogP contribution < -0.4 is 5.32 Å². The summed E-state index contributed by atoms with van der Waals surface area (Å²) in [6.45, 7) is 2.80. The van der Waals surface area contributed by atoms with E-state index in [0.717, 1.165) is 12.1 Å². The highest BCUT2D eigenvalue weighted by Crippen LogP contribution is 2.18. The molecule has 1 unspecified atom stereocenters. The van der Waals surface area contributed by atoms with Crippen molar-refractivity contribution in [3.8, 4) is 0 Å². The maximum atomic E-state index is 11.7. The molecular weight excluding hydrogens is 222 g/mol. The smallest absolute Gasteiger partial charge is 0.152 e. The number of hydrogen-bond donors (Lipinski definition) is 1. The minimum absolute atomic E-state index is 0.0481. The molecule has 1 aliphatic rings. The van der Waals surface area contributed by atoms with Gasteiger partial charge in [0.2, 0.25) is 0 Å². The van der Waals surface area contributed by atoms with Crippen molar-refractivity contribution >= 4 is 9.84 Å². The molecule has 1 aromatic carbocycles. The Hall–Kier alpha value is -0.870. The number of sulfone groups is 1. The molecule has 1 heterocycles. The van der Waals surface area contributed by atoms with Crippen LogP contribution in [0.3, 0.4) is 0 Å². The third-order valence-corrected chi connectivity index (χ3v) is 4.68. The average molecular weight is 239 g/mol. The van der Waals surface area contributed by atoms with Crippen molar-refractivity contribution in [2.45, 2.75) is 19.4 Å². The van der Waals surface area contributed by atoms with Crippen molar-refractivity contribution in [1.29, 1.82) is 0 Å². The lowest BCUT2D eigenvalue weighted by Gasteiger charge is -2.15. The van der Waals surface area contributed by atoms with E-state index >= 15 is 0 Å². The molecule has 0 radical (unpaired) electrons. The van der Waals surface area contributed by atoms with Crippen LogP contribution in [0, 0.1) is 6.92 Å². The van der Waals surface area contributed by atoms with Gasteiger partial charge in [-0.15, -0.1) is 0 Å². The Morgan fingerprint density at radius 1 is 1.25 bits per heavy atom. The van der Waals surface area contributed by atoms with E-state index in [1.807, 2.05) is 31.2 Å². The first-order valence-corrected chi connectivity index (χ1v) is 7.39. The summed E-state index contributed by atoms with van der Waals surface area (Å²) in [6, 6.07) is 8.01. The summed E-state index contributed by atoms with van der Waals surface area (Å²) in [4.78, 5) is 0. The summed E-state index contributed by atoms with van der Waals surface area (Å²) in [5, 5.41) is 3.29. The topological polar surface area (TPSA) is 46.2 Å². The van der Waals surface area contributed by atoms with E-state index in [-0.39, 0.29) is 11.8 Å². The summed E-state index contributed by atoms with van der Waals surface area (Å²) in [5.74, 6) is 0.526. The summed E-state index contributed by atoms with van der Waals surface area (Å²) < 4.78 is 23.4. The third-order valence-electron chi connectivity index (χ3n) is 2.92. The molecule has 1 saturated heterocycles. The monoisotopic (exact) mass is 239 g/mol. The molecule has 1 atom stereocenters. The fraction of sp³-hybridized carbons (Fsp3) is 0.500. The molecule has 3 nitrogen and oxygen atoms in total. The van der Waals surface area contributed by atoms with Crippen LogP contribution in [0.25, 0.3) is 0 Å². The van der Waals surface area contributed by atoms with Crippen LogP contribution in [0.5, 0.6) is 0 Å². The van der Waals surface area contributed by atoms with E-state index in [4.69, 9.17) is 0 Å². The molecule has 0 amide bonds. The van der Waals surface area contributed by atoms with Gasteiger partial charge in [-0.3, -0.25) is 0 Å². The van der Waals surface area contributed by atoms with Crippen LogP contribution in [-0.4, -0.2) is 26.5 Å². The lowest BCUT2D eigenvalue weighted by atomic mass is 10.1. The van der Waals surface area contributed by atoms with Crippen LogP contribution in [0.2, 0.25) is 0 Å². The van der Waals surface area contributed by atoms with Gasteiger partial charge in [0.25, 0.3) is 0 Å². The van der Waals surface area contributed by atoms with Gasteiger partial charge in [-0.05, 0) is 25.5 Å². The highest BCUT2D eigenvalue weighted by atomic mass is 32.2. The molecule has 88 valence electrons. The van der Waals surface area contributed by atoms with E-state index in [0.29, 0.717) is 12.2 Å². The maximum absolute atomic E-state index is 11.7. The zero-order valence-corrected chi connectivity index (χ0v) is 10.3. The Morgan fingerprint density at radius 2 is 1.94 bits per heavy atom. The molecule has 1 N–H and O–H groups in total. The first kappa shape index (κ1) is 11.6. The van der Waals surface area contributed by atoms with Crippen molar-refractivity contribution in [3.05, 3.63) is 35.4 Å². The quantitative estimate of drug-likeness (QED) is 0.806. The summed E-state index contributed by atoms with van der Waals surface area (Å²) in [7, 11) is -2.89. The Balaban J connectivity index is 2.22. The fourth-order valence-electron chi connectivity index (χ4n) is 1.98. The number of aryl methyl sites for hydroxylation is 1. The van der Waals surface area contributed by atoms with Gasteiger partial charge in [0.15, 0.2) is 9.84 Å². The second kappa shape index (κ2) is 4.55. The Bertz CT molecular complexity index is 450. The standard InChI is InChI=1S/C12H17NO2S/c1-10-3-5-11(6-4-10)12-9-16(14,15)8-2-7-13-12/h3-6,12-13H,2,7-9H2,1H3. The van der Waals surface area contributed by atoms with Crippen molar-refractivity contribution in [2.75, 3.05) is 18.1 Å². The van der Waals surface area contributed by atoms with Crippen LogP contribution >= 0.6 is 0 Å². The van der Waals surface area contributed by atoms with Gasteiger partial charge in [-0.25, -0.2) is 8.42 Å². The summed E-state index contributed by atoms with van der Waals surface area (Å²) in [6.07, 6.45) is 0.713. The van der Waals surface area contributed by atoms with E-state index in [1.54, 1.807) is 0 Å². The van der Waals surface area contributed by atoms with Gasteiger partial charge in [-0.2, -0.15) is 0 Å². The lowest BCUT2D eigenvalue weighted by molar-refractivity contribution is 0.572. The van der Waals surface area contributed by atoms with Crippen LogP contribution in [0.1, 0.15) is 23.6 Å². The van der Waals surface area contributed by atoms with Gasteiger partial charge in [0.1, 0.15) is 0 Å². The largest absolute Gasteiger partial charge is 0.309 e. The zero-order chi connectivity index (χ0) is 11.6. The Kier molecular flexibility index (Phi) is 3.30. The molecule has 0 aromatic heterocycles. The molecular formula is C12H17NO2S. The first-order valence-electron chi connectivity index (χ1n) is 5.57. The molecule has 4 heteroatoms. The highest BCUT2D eigenvalue weighted by molar-refractivity contribution is 7.91. The number of rotatable bonds is 1. The lowest BCUT2D eigenvalue weighted by Crippen LogP contribution is -2.25. The number of hydrogen-bond acceptors (Lipinski definition) is 3. The van der Waals surface area contributed by atoms with E-state index in [1.165, 1.54) is 5.56 Å². The molecule has 0 bridgehead atoms. The molecule has 16 heavy (non-hydrogen) atoms. The maximum Gasteiger partial charge on any atom is 0.152 e. The van der Waals surface area contributed by atoms with Gasteiger partial charge in [0, 0.05) is 6.04 Å². The van der Waals surface area contributed by atoms with Crippen LogP contribution in [-0.2, 0) is 9.84 Å². The van der Waals surface area contributed by atoms with Crippen LogP contribution in [0.4, 0.5) is 0 Å². The summed E-state index contributed by atoms with van der Waals surface area (Å²) >= 11 is 0. The molecule has 1 aromatic rings. The van der Waals surface area contributed by atoms with E-state index in [2.05, 4.69) is 5.32 Å². The molecule has 0 aliphatic carbocycles.